The molecular formula is C25H23BrFN3O2S. The van der Waals surface area contributed by atoms with E-state index >= 15 is 0 Å². The van der Waals surface area contributed by atoms with Crippen LogP contribution in [0.15, 0.2) is 76.2 Å². The van der Waals surface area contributed by atoms with Crippen LogP contribution in [0.3, 0.4) is 0 Å². The minimum atomic E-state index is -0.890. The van der Waals surface area contributed by atoms with E-state index in [9.17, 15) is 9.50 Å². The van der Waals surface area contributed by atoms with Crippen molar-refractivity contribution >= 4 is 44.2 Å². The summed E-state index contributed by atoms with van der Waals surface area (Å²) < 4.78 is 21.6. The van der Waals surface area contributed by atoms with Gasteiger partial charge in [-0.25, -0.2) is 9.38 Å². The molecule has 5 rings (SSSR count). The summed E-state index contributed by atoms with van der Waals surface area (Å²) in [7, 11) is 0. The van der Waals surface area contributed by atoms with Crippen molar-refractivity contribution in [3.05, 3.63) is 82.6 Å². The van der Waals surface area contributed by atoms with Gasteiger partial charge < -0.3 is 20.9 Å². The SMILES string of the molecule is Nc1ccc(-c2ccc(NC3=N[C@@]4(c5cc(Br)ccc5F)CO[C@H](CO)[C@H]4CS3)cc2)cc1. The van der Waals surface area contributed by atoms with E-state index in [1.165, 1.54) is 6.07 Å². The summed E-state index contributed by atoms with van der Waals surface area (Å²) >= 11 is 5.01. The van der Waals surface area contributed by atoms with Crippen molar-refractivity contribution in [3.63, 3.8) is 0 Å². The van der Waals surface area contributed by atoms with Crippen molar-refractivity contribution in [1.82, 2.24) is 0 Å². The van der Waals surface area contributed by atoms with Crippen molar-refractivity contribution < 1.29 is 14.2 Å². The van der Waals surface area contributed by atoms with Gasteiger partial charge in [0.05, 0.1) is 19.3 Å². The highest BCUT2D eigenvalue weighted by Gasteiger charge is 2.54. The molecule has 3 atom stereocenters. The van der Waals surface area contributed by atoms with Crippen molar-refractivity contribution in [3.8, 4) is 11.1 Å². The van der Waals surface area contributed by atoms with E-state index in [0.29, 0.717) is 16.5 Å². The Labute approximate surface area is 204 Å². The number of hydrogen-bond acceptors (Lipinski definition) is 6. The lowest BCUT2D eigenvalue weighted by Crippen LogP contribution is -2.42. The molecule has 1 saturated heterocycles. The van der Waals surface area contributed by atoms with Crippen LogP contribution >= 0.6 is 27.7 Å². The summed E-state index contributed by atoms with van der Waals surface area (Å²) in [5.41, 5.74) is 9.17. The summed E-state index contributed by atoms with van der Waals surface area (Å²) in [6.45, 7) is 0.103. The molecule has 1 fully saturated rings. The number of nitrogens with one attached hydrogen (secondary N) is 1. The number of anilines is 2. The maximum absolute atomic E-state index is 15.0. The Hall–Kier alpha value is -2.39. The van der Waals surface area contributed by atoms with Crippen LogP contribution in [0.5, 0.6) is 0 Å². The zero-order valence-corrected chi connectivity index (χ0v) is 20.1. The molecular weight excluding hydrogens is 505 g/mol. The minimum Gasteiger partial charge on any atom is -0.399 e. The maximum Gasteiger partial charge on any atom is 0.162 e. The highest BCUT2D eigenvalue weighted by molar-refractivity contribution is 9.10. The second-order valence-corrected chi connectivity index (χ2v) is 10.2. The van der Waals surface area contributed by atoms with Gasteiger partial charge in [0, 0.05) is 33.1 Å². The van der Waals surface area contributed by atoms with Crippen molar-refractivity contribution in [2.45, 2.75) is 11.6 Å². The molecule has 33 heavy (non-hydrogen) atoms. The molecule has 0 amide bonds. The molecule has 8 heteroatoms. The number of aliphatic imine (C=N–C) groups is 1. The molecule has 0 spiro atoms. The first-order chi connectivity index (χ1) is 16.0. The fourth-order valence-corrected chi connectivity index (χ4v) is 6.07. The van der Waals surface area contributed by atoms with Crippen LogP contribution in [0, 0.1) is 11.7 Å². The molecule has 2 aliphatic heterocycles. The van der Waals surface area contributed by atoms with Crippen LogP contribution in [0.25, 0.3) is 11.1 Å². The number of amidine groups is 1. The monoisotopic (exact) mass is 527 g/mol. The van der Waals surface area contributed by atoms with E-state index < -0.39 is 5.54 Å². The first kappa shape index (κ1) is 22.4. The zero-order valence-electron chi connectivity index (χ0n) is 17.7. The lowest BCUT2D eigenvalue weighted by molar-refractivity contribution is 0.0436. The predicted octanol–water partition coefficient (Wildman–Crippen LogP) is 5.25. The fourth-order valence-electron chi connectivity index (χ4n) is 4.46. The normalized spacial score (nSPS) is 24.3. The van der Waals surface area contributed by atoms with E-state index in [0.717, 1.165) is 27.0 Å². The molecule has 3 aromatic carbocycles. The zero-order chi connectivity index (χ0) is 23.0. The van der Waals surface area contributed by atoms with Gasteiger partial charge in [0.15, 0.2) is 5.17 Å². The Morgan fingerprint density at radius 3 is 2.52 bits per heavy atom. The van der Waals surface area contributed by atoms with Crippen LogP contribution in [-0.2, 0) is 10.3 Å². The quantitative estimate of drug-likeness (QED) is 0.403. The molecule has 3 aromatic rings. The molecule has 0 aromatic heterocycles. The van der Waals surface area contributed by atoms with Gasteiger partial charge in [0.25, 0.3) is 0 Å². The van der Waals surface area contributed by atoms with E-state index in [2.05, 4.69) is 21.2 Å². The molecule has 0 radical (unpaired) electrons. The molecule has 0 unspecified atom stereocenters. The average Bonchev–Trinajstić information content (AvgIpc) is 3.20. The number of benzene rings is 3. The van der Waals surface area contributed by atoms with Crippen LogP contribution in [0.4, 0.5) is 15.8 Å². The molecule has 0 bridgehead atoms. The third-order valence-electron chi connectivity index (χ3n) is 6.24. The Kier molecular flexibility index (Phi) is 6.18. The predicted molar refractivity (Wildman–Crippen MR) is 136 cm³/mol. The van der Waals surface area contributed by atoms with E-state index in [-0.39, 0.29) is 31.1 Å². The van der Waals surface area contributed by atoms with Gasteiger partial charge in [0.1, 0.15) is 11.4 Å². The molecule has 2 heterocycles. The van der Waals surface area contributed by atoms with Gasteiger partial charge in [-0.15, -0.1) is 0 Å². The Balaban J connectivity index is 1.45. The molecule has 2 aliphatic rings. The van der Waals surface area contributed by atoms with Gasteiger partial charge in [0.2, 0.25) is 0 Å². The van der Waals surface area contributed by atoms with E-state index in [4.69, 9.17) is 15.5 Å². The van der Waals surface area contributed by atoms with Gasteiger partial charge in [-0.05, 0) is 53.6 Å². The first-order valence-corrected chi connectivity index (χ1v) is 12.4. The van der Waals surface area contributed by atoms with Crippen molar-refractivity contribution in [2.75, 3.05) is 30.0 Å². The lowest BCUT2D eigenvalue weighted by Gasteiger charge is -2.36. The smallest absolute Gasteiger partial charge is 0.162 e. The highest BCUT2D eigenvalue weighted by atomic mass is 79.9. The standard InChI is InChI=1S/C25H23BrFN3O2S/c26-17-5-10-22(27)20(11-17)25-14-32-23(12-31)21(25)13-33-24(30-25)29-19-8-3-16(4-9-19)15-1-6-18(28)7-2-15/h1-11,21,23,31H,12-14,28H2,(H,29,30)/t21-,23-,25-/m1/s1. The van der Waals surface area contributed by atoms with Gasteiger partial charge in [-0.2, -0.15) is 0 Å². The van der Waals surface area contributed by atoms with Crippen LogP contribution in [0.2, 0.25) is 0 Å². The number of fused-ring (bicyclic) bond motifs is 1. The number of aliphatic hydroxyl groups excluding tert-OH is 1. The molecule has 170 valence electrons. The molecule has 0 aliphatic carbocycles. The summed E-state index contributed by atoms with van der Waals surface area (Å²) in [5.74, 6) is 0.204. The number of halogens is 2. The summed E-state index contributed by atoms with van der Waals surface area (Å²) in [5, 5.41) is 13.9. The van der Waals surface area contributed by atoms with Crippen LogP contribution < -0.4 is 11.1 Å². The number of ether oxygens (including phenoxy) is 1. The van der Waals surface area contributed by atoms with Crippen molar-refractivity contribution in [1.29, 1.82) is 0 Å². The highest BCUT2D eigenvalue weighted by Crippen LogP contribution is 2.49. The topological polar surface area (TPSA) is 79.9 Å². The molecule has 4 N–H and O–H groups in total. The van der Waals surface area contributed by atoms with Gasteiger partial charge in [-0.3, -0.25) is 0 Å². The average molecular weight is 528 g/mol. The maximum atomic E-state index is 15.0. The number of nitrogen functional groups attached to an aromatic ring is 1. The largest absolute Gasteiger partial charge is 0.399 e. The van der Waals surface area contributed by atoms with Gasteiger partial charge in [-0.1, -0.05) is 52.0 Å². The number of nitrogens with zero attached hydrogens (tertiary/aromatic N) is 1. The van der Waals surface area contributed by atoms with E-state index in [1.807, 2.05) is 48.5 Å². The van der Waals surface area contributed by atoms with Crippen molar-refractivity contribution in [2.24, 2.45) is 10.9 Å². The fraction of sp³-hybridized carbons (Fsp3) is 0.240. The Morgan fingerprint density at radius 2 is 1.82 bits per heavy atom. The first-order valence-electron chi connectivity index (χ1n) is 10.6. The second-order valence-electron chi connectivity index (χ2n) is 8.24. The number of aliphatic hydroxyl groups is 1. The second kappa shape index (κ2) is 9.10. The Morgan fingerprint density at radius 1 is 1.12 bits per heavy atom. The summed E-state index contributed by atoms with van der Waals surface area (Å²) in [6, 6.07) is 20.7. The molecule has 0 saturated carbocycles. The summed E-state index contributed by atoms with van der Waals surface area (Å²) in [6.07, 6.45) is -0.375. The number of hydrogen-bond donors (Lipinski definition) is 3. The molecule has 5 nitrogen and oxygen atoms in total. The summed E-state index contributed by atoms with van der Waals surface area (Å²) in [4.78, 5) is 4.99. The number of rotatable bonds is 4. The number of thioether (sulfide) groups is 1. The number of nitrogens with two attached hydrogens (primary N) is 1. The third-order valence-corrected chi connectivity index (χ3v) is 7.72. The third kappa shape index (κ3) is 4.28. The van der Waals surface area contributed by atoms with Gasteiger partial charge >= 0.3 is 0 Å². The van der Waals surface area contributed by atoms with E-state index in [1.54, 1.807) is 23.9 Å². The van der Waals surface area contributed by atoms with Crippen LogP contribution in [0.1, 0.15) is 5.56 Å². The van der Waals surface area contributed by atoms with Crippen LogP contribution in [-0.4, -0.2) is 35.3 Å². The Bertz CT molecular complexity index is 1190. The lowest BCUT2D eigenvalue weighted by atomic mass is 9.79. The minimum absolute atomic E-state index is 0.118.